The van der Waals surface area contributed by atoms with Crippen LogP contribution in [0.25, 0.3) is 0 Å². The smallest absolute Gasteiger partial charge is 0.227 e. The van der Waals surface area contributed by atoms with E-state index in [1.807, 2.05) is 11.8 Å². The van der Waals surface area contributed by atoms with Crippen LogP contribution in [0.4, 0.5) is 26.2 Å². The quantitative estimate of drug-likeness (QED) is 0.874. The lowest BCUT2D eigenvalue weighted by atomic mass is 10.2. The molecule has 1 aromatic carbocycles. The molecule has 2 heterocycles. The Balaban J connectivity index is 1.81. The van der Waals surface area contributed by atoms with Crippen molar-refractivity contribution in [1.29, 1.82) is 0 Å². The van der Waals surface area contributed by atoms with Crippen LogP contribution in [0.2, 0.25) is 0 Å². The third-order valence-corrected chi connectivity index (χ3v) is 5.83. The molecule has 0 spiro atoms. The number of rotatable bonds is 5. The Hall–Kier alpha value is -2.29. The zero-order chi connectivity index (χ0) is 18.0. The summed E-state index contributed by atoms with van der Waals surface area (Å²) in [7, 11) is -3.02. The van der Waals surface area contributed by atoms with Crippen LogP contribution in [0, 0.1) is 11.6 Å². The molecule has 1 aromatic heterocycles. The number of benzene rings is 1. The highest BCUT2D eigenvalue weighted by Gasteiger charge is 2.32. The van der Waals surface area contributed by atoms with E-state index in [2.05, 4.69) is 15.3 Å². The molecule has 1 atom stereocenters. The van der Waals surface area contributed by atoms with Crippen molar-refractivity contribution in [3.8, 4) is 0 Å². The van der Waals surface area contributed by atoms with Crippen LogP contribution in [-0.4, -0.2) is 42.5 Å². The first-order chi connectivity index (χ1) is 11.9. The van der Waals surface area contributed by atoms with Crippen LogP contribution < -0.4 is 10.2 Å². The number of hydrogen-bond acceptors (Lipinski definition) is 6. The van der Waals surface area contributed by atoms with Crippen LogP contribution in [-0.2, 0) is 9.84 Å². The van der Waals surface area contributed by atoms with Gasteiger partial charge in [0.25, 0.3) is 0 Å². The van der Waals surface area contributed by atoms with Gasteiger partial charge in [0.1, 0.15) is 5.82 Å². The highest BCUT2D eigenvalue weighted by Crippen LogP contribution is 2.23. The lowest BCUT2D eigenvalue weighted by Gasteiger charge is -2.26. The first kappa shape index (κ1) is 17.5. The van der Waals surface area contributed by atoms with Gasteiger partial charge < -0.3 is 10.2 Å². The summed E-state index contributed by atoms with van der Waals surface area (Å²) in [6, 6.07) is 4.92. The van der Waals surface area contributed by atoms with Crippen LogP contribution in [0.1, 0.15) is 13.3 Å². The van der Waals surface area contributed by atoms with Crippen molar-refractivity contribution in [3.63, 3.8) is 0 Å². The van der Waals surface area contributed by atoms with E-state index < -0.39 is 21.5 Å². The van der Waals surface area contributed by atoms with E-state index >= 15 is 0 Å². The first-order valence-electron chi connectivity index (χ1n) is 7.90. The predicted octanol–water partition coefficient (Wildman–Crippen LogP) is 2.51. The van der Waals surface area contributed by atoms with Crippen molar-refractivity contribution in [3.05, 3.63) is 42.1 Å². The van der Waals surface area contributed by atoms with Crippen molar-refractivity contribution in [2.24, 2.45) is 0 Å². The number of aromatic nitrogens is 2. The monoisotopic (exact) mass is 368 g/mol. The van der Waals surface area contributed by atoms with Crippen molar-refractivity contribution in [1.82, 2.24) is 9.97 Å². The lowest BCUT2D eigenvalue weighted by molar-refractivity contribution is 0.509. The number of anilines is 3. The minimum Gasteiger partial charge on any atom is -0.340 e. The number of sulfone groups is 1. The van der Waals surface area contributed by atoms with E-state index in [9.17, 15) is 17.2 Å². The Labute approximate surface area is 144 Å². The molecule has 1 aliphatic rings. The summed E-state index contributed by atoms with van der Waals surface area (Å²) >= 11 is 0. The highest BCUT2D eigenvalue weighted by atomic mass is 32.2. The third kappa shape index (κ3) is 4.04. The van der Waals surface area contributed by atoms with Gasteiger partial charge in [-0.2, -0.15) is 4.98 Å². The minimum absolute atomic E-state index is 0.0883. The SMILES string of the molecule is CCN(c1nccc(Nc2ccc(F)c(F)c2)n1)C1CCS(=O)(=O)C1. The fourth-order valence-electron chi connectivity index (χ4n) is 2.86. The van der Waals surface area contributed by atoms with Crippen LogP contribution in [0.3, 0.4) is 0 Å². The second-order valence-corrected chi connectivity index (χ2v) is 8.07. The van der Waals surface area contributed by atoms with Gasteiger partial charge in [-0.05, 0) is 31.5 Å². The molecular weight excluding hydrogens is 350 g/mol. The molecule has 134 valence electrons. The second-order valence-electron chi connectivity index (χ2n) is 5.84. The topological polar surface area (TPSA) is 75.2 Å². The van der Waals surface area contributed by atoms with Crippen LogP contribution in [0.15, 0.2) is 30.5 Å². The maximum atomic E-state index is 13.3. The van der Waals surface area contributed by atoms with Crippen LogP contribution in [0.5, 0.6) is 0 Å². The van der Waals surface area contributed by atoms with Crippen molar-refractivity contribution >= 4 is 27.3 Å². The second kappa shape index (κ2) is 6.91. The predicted molar refractivity (Wildman–Crippen MR) is 91.8 cm³/mol. The van der Waals surface area contributed by atoms with E-state index in [4.69, 9.17) is 0 Å². The summed E-state index contributed by atoms with van der Waals surface area (Å²) in [6.07, 6.45) is 2.08. The first-order valence-corrected chi connectivity index (χ1v) is 9.72. The molecule has 0 saturated carbocycles. The molecule has 0 bridgehead atoms. The van der Waals surface area contributed by atoms with E-state index in [-0.39, 0.29) is 17.5 Å². The number of halogens is 2. The molecule has 0 radical (unpaired) electrons. The van der Waals surface area contributed by atoms with E-state index in [1.165, 1.54) is 12.3 Å². The van der Waals surface area contributed by atoms with Gasteiger partial charge >= 0.3 is 0 Å². The molecule has 1 saturated heterocycles. The van der Waals surface area contributed by atoms with Gasteiger partial charge in [-0.15, -0.1) is 0 Å². The molecule has 0 amide bonds. The molecule has 1 aliphatic heterocycles. The lowest BCUT2D eigenvalue weighted by Crippen LogP contribution is -2.37. The van der Waals surface area contributed by atoms with E-state index in [0.717, 1.165) is 12.1 Å². The molecule has 1 N–H and O–H groups in total. The summed E-state index contributed by atoms with van der Waals surface area (Å²) in [5, 5.41) is 2.90. The molecule has 0 aliphatic carbocycles. The summed E-state index contributed by atoms with van der Waals surface area (Å²) < 4.78 is 49.7. The maximum absolute atomic E-state index is 13.3. The van der Waals surface area contributed by atoms with Gasteiger partial charge in [-0.25, -0.2) is 22.2 Å². The minimum atomic E-state index is -3.02. The Kier molecular flexibility index (Phi) is 4.85. The highest BCUT2D eigenvalue weighted by molar-refractivity contribution is 7.91. The van der Waals surface area contributed by atoms with Gasteiger partial charge in [-0.3, -0.25) is 0 Å². The summed E-state index contributed by atoms with van der Waals surface area (Å²) in [5.41, 5.74) is 0.357. The fraction of sp³-hybridized carbons (Fsp3) is 0.375. The average Bonchev–Trinajstić information content (AvgIpc) is 2.92. The maximum Gasteiger partial charge on any atom is 0.227 e. The molecule has 2 aromatic rings. The zero-order valence-electron chi connectivity index (χ0n) is 13.6. The Bertz CT molecular complexity index is 876. The molecule has 1 fully saturated rings. The summed E-state index contributed by atoms with van der Waals surface area (Å²) in [5.74, 6) is -0.807. The Morgan fingerprint density at radius 3 is 2.72 bits per heavy atom. The normalized spacial score (nSPS) is 18.9. The Morgan fingerprint density at radius 1 is 1.28 bits per heavy atom. The van der Waals surface area contributed by atoms with Crippen molar-refractivity contribution in [2.75, 3.05) is 28.3 Å². The van der Waals surface area contributed by atoms with Gasteiger partial charge in [0, 0.05) is 30.5 Å². The average molecular weight is 368 g/mol. The van der Waals surface area contributed by atoms with Crippen molar-refractivity contribution in [2.45, 2.75) is 19.4 Å². The van der Waals surface area contributed by atoms with Gasteiger partial charge in [0.2, 0.25) is 5.95 Å². The fourth-order valence-corrected chi connectivity index (χ4v) is 4.59. The molecular formula is C16H18F2N4O2S. The van der Waals surface area contributed by atoms with Gasteiger partial charge in [0.05, 0.1) is 11.5 Å². The van der Waals surface area contributed by atoms with E-state index in [1.54, 1.807) is 6.07 Å². The van der Waals surface area contributed by atoms with Crippen LogP contribution >= 0.6 is 0 Å². The zero-order valence-corrected chi connectivity index (χ0v) is 14.4. The molecule has 1 unspecified atom stereocenters. The Morgan fingerprint density at radius 2 is 2.08 bits per heavy atom. The van der Waals surface area contributed by atoms with Gasteiger partial charge in [0.15, 0.2) is 21.5 Å². The molecule has 9 heteroatoms. The molecule has 25 heavy (non-hydrogen) atoms. The number of nitrogens with one attached hydrogen (secondary N) is 1. The summed E-state index contributed by atoms with van der Waals surface area (Å²) in [6.45, 7) is 2.47. The van der Waals surface area contributed by atoms with E-state index in [0.29, 0.717) is 30.4 Å². The standard InChI is InChI=1S/C16H18F2N4O2S/c1-2-22(12-6-8-25(23,24)10-12)16-19-7-5-15(21-16)20-11-3-4-13(17)14(18)9-11/h3-5,7,9,12H,2,6,8,10H2,1H3,(H,19,20,21). The third-order valence-electron chi connectivity index (χ3n) is 4.08. The number of hydrogen-bond donors (Lipinski definition) is 1. The molecule has 3 rings (SSSR count). The summed E-state index contributed by atoms with van der Waals surface area (Å²) in [4.78, 5) is 10.4. The van der Waals surface area contributed by atoms with Crippen molar-refractivity contribution < 1.29 is 17.2 Å². The number of nitrogens with zero attached hydrogens (tertiary/aromatic N) is 3. The van der Waals surface area contributed by atoms with Gasteiger partial charge in [-0.1, -0.05) is 0 Å². The molecule has 6 nitrogen and oxygen atoms in total. The largest absolute Gasteiger partial charge is 0.340 e.